The lowest BCUT2D eigenvalue weighted by Gasteiger charge is -2.31. The van der Waals surface area contributed by atoms with Crippen molar-refractivity contribution in [2.75, 3.05) is 0 Å². The monoisotopic (exact) mass is 867 g/mol. The van der Waals surface area contributed by atoms with Crippen LogP contribution in [0.25, 0.3) is 114 Å². The Bertz CT molecular complexity index is 4020. The Hall–Kier alpha value is -7.71. The molecule has 306 valence electrons. The number of aromatic nitrogens is 5. The van der Waals surface area contributed by atoms with Crippen molar-refractivity contribution in [1.29, 1.82) is 0 Å². The van der Waals surface area contributed by atoms with Gasteiger partial charge in [0, 0.05) is 85.1 Å². The summed E-state index contributed by atoms with van der Waals surface area (Å²) in [6.07, 6.45) is 2.53. The Morgan fingerprint density at radius 3 is 1.60 bits per heavy atom. The molecule has 0 amide bonds. The molecule has 8 aromatic carbocycles. The Morgan fingerprint density at radius 2 is 0.954 bits per heavy atom. The fraction of sp³-hybridized carbons (Fsp3) is 0.0517. The zero-order valence-electron chi connectivity index (χ0n) is 35.2. The van der Waals surface area contributed by atoms with E-state index in [1.165, 1.54) is 90.0 Å². The third kappa shape index (κ3) is 5.40. The van der Waals surface area contributed by atoms with Gasteiger partial charge in [0.25, 0.3) is 0 Å². The number of allylic oxidation sites excluding steroid dienone is 1. The number of rotatable bonds is 5. The highest BCUT2D eigenvalue weighted by Gasteiger charge is 2.38. The second-order valence-corrected chi connectivity index (χ2v) is 19.3. The zero-order chi connectivity index (χ0) is 42.8. The molecule has 0 aliphatic heterocycles. The van der Waals surface area contributed by atoms with Gasteiger partial charge in [-0.3, -0.25) is 0 Å². The maximum atomic E-state index is 5.49. The lowest BCUT2D eigenvalue weighted by molar-refractivity contribution is 0.592. The molecule has 0 radical (unpaired) electrons. The molecule has 14 rings (SSSR count). The molecule has 0 bridgehead atoms. The second kappa shape index (κ2) is 14.1. The van der Waals surface area contributed by atoms with E-state index in [1.807, 2.05) is 34.8 Å². The van der Waals surface area contributed by atoms with Crippen molar-refractivity contribution in [2.45, 2.75) is 12.8 Å². The molecule has 0 N–H and O–H groups in total. The van der Waals surface area contributed by atoms with Gasteiger partial charge in [0.15, 0.2) is 11.6 Å². The smallest absolute Gasteiger partial charge is 0.163 e. The van der Waals surface area contributed by atoms with Crippen LogP contribution in [0.5, 0.6) is 0 Å². The van der Waals surface area contributed by atoms with Crippen LogP contribution in [0.4, 0.5) is 0 Å². The molecular weight excluding hydrogens is 831 g/mol. The zero-order valence-corrected chi connectivity index (χ0v) is 36.8. The molecule has 0 fully saturated rings. The molecule has 1 aliphatic carbocycles. The normalized spacial score (nSPS) is 15.2. The van der Waals surface area contributed by atoms with Crippen molar-refractivity contribution < 1.29 is 0 Å². The molecular formula is C58H37N5S2. The summed E-state index contributed by atoms with van der Waals surface area (Å²) in [5.74, 6) is 1.89. The van der Waals surface area contributed by atoms with Crippen LogP contribution < -0.4 is 0 Å². The number of fused-ring (bicyclic) bond motifs is 14. The third-order valence-corrected chi connectivity index (χ3v) is 15.9. The van der Waals surface area contributed by atoms with E-state index in [1.54, 1.807) is 0 Å². The molecule has 5 heterocycles. The van der Waals surface area contributed by atoms with Crippen molar-refractivity contribution in [3.63, 3.8) is 0 Å². The number of hydrogen-bond acceptors (Lipinski definition) is 5. The van der Waals surface area contributed by atoms with E-state index >= 15 is 0 Å². The summed E-state index contributed by atoms with van der Waals surface area (Å²) in [6, 6.07) is 67.6. The first-order valence-corrected chi connectivity index (χ1v) is 23.8. The predicted molar refractivity (Wildman–Crippen MR) is 274 cm³/mol. The van der Waals surface area contributed by atoms with Crippen LogP contribution in [0.15, 0.2) is 188 Å². The average Bonchev–Trinajstić information content (AvgIpc) is 4.12. The van der Waals surface area contributed by atoms with Gasteiger partial charge < -0.3 is 9.13 Å². The lowest BCUT2D eigenvalue weighted by atomic mass is 9.81. The summed E-state index contributed by atoms with van der Waals surface area (Å²) in [7, 11) is 0. The lowest BCUT2D eigenvalue weighted by Crippen LogP contribution is -2.22. The van der Waals surface area contributed by atoms with Gasteiger partial charge in [0.05, 0.1) is 28.0 Å². The van der Waals surface area contributed by atoms with Gasteiger partial charge in [0.1, 0.15) is 5.82 Å². The Kier molecular flexibility index (Phi) is 8.00. The van der Waals surface area contributed by atoms with Gasteiger partial charge in [-0.05, 0) is 54.1 Å². The maximum absolute atomic E-state index is 5.49. The maximum Gasteiger partial charge on any atom is 0.163 e. The molecule has 13 aromatic rings. The average molecular weight is 868 g/mol. The van der Waals surface area contributed by atoms with Crippen molar-refractivity contribution >= 4 is 108 Å². The van der Waals surface area contributed by atoms with Gasteiger partial charge in [-0.2, -0.15) is 0 Å². The minimum absolute atomic E-state index is 0.0521. The van der Waals surface area contributed by atoms with E-state index in [-0.39, 0.29) is 11.8 Å². The summed E-state index contributed by atoms with van der Waals surface area (Å²) in [5, 5.41) is 8.84. The molecule has 0 saturated heterocycles. The quantitative estimate of drug-likeness (QED) is 0.173. The molecule has 1 aliphatic rings. The van der Waals surface area contributed by atoms with E-state index < -0.39 is 0 Å². The molecule has 2 unspecified atom stereocenters. The highest BCUT2D eigenvalue weighted by atomic mass is 32.1. The molecule has 0 spiro atoms. The predicted octanol–water partition coefficient (Wildman–Crippen LogP) is 15.8. The van der Waals surface area contributed by atoms with Crippen LogP contribution in [-0.2, 0) is 0 Å². The topological polar surface area (TPSA) is 48.5 Å². The first-order chi connectivity index (χ1) is 32.2. The SMILES string of the molecule is CC1C(n2c3ccccc3c3ccc4c5ccccc5n(-c5ccccc5)c4c32)=Cc2c(sc3ccc4sc5ccccc5c4c23)C1c1nc(-c2ccccc2)nc(-c2ccccc2)n1. The van der Waals surface area contributed by atoms with Crippen LogP contribution in [0, 0.1) is 5.92 Å². The molecule has 5 nitrogen and oxygen atoms in total. The van der Waals surface area contributed by atoms with Gasteiger partial charge in [-0.15, -0.1) is 22.7 Å². The number of hydrogen-bond donors (Lipinski definition) is 0. The number of benzene rings is 8. The Morgan fingerprint density at radius 1 is 0.431 bits per heavy atom. The third-order valence-electron chi connectivity index (χ3n) is 13.5. The van der Waals surface area contributed by atoms with E-state index in [0.29, 0.717) is 11.6 Å². The second-order valence-electron chi connectivity index (χ2n) is 17.1. The number of para-hydroxylation sites is 3. The van der Waals surface area contributed by atoms with E-state index in [9.17, 15) is 0 Å². The standard InChI is InChI=1S/C58H37N5S2/c1-34-46(63-45-27-15-12-24-39(45)41-30-29-40-38-23-11-14-26-44(38)62(53(40)54(41)63)37-21-9-4-10-22-37)33-43-52-49(32-31-48-51(52)42-25-13-16-28-47(42)64-48)65-55(43)50(34)58-60-56(35-17-5-2-6-18-35)59-57(61-58)36-19-7-3-8-20-36/h2-34,50H,1H3. The van der Waals surface area contributed by atoms with Gasteiger partial charge in [0.2, 0.25) is 0 Å². The van der Waals surface area contributed by atoms with E-state index in [0.717, 1.165) is 22.6 Å². The minimum Gasteiger partial charge on any atom is -0.311 e. The largest absolute Gasteiger partial charge is 0.311 e. The number of thiophene rings is 2. The highest BCUT2D eigenvalue weighted by molar-refractivity contribution is 7.26. The summed E-state index contributed by atoms with van der Waals surface area (Å²) in [5.41, 5.74) is 10.3. The van der Waals surface area contributed by atoms with Crippen LogP contribution in [0.1, 0.15) is 29.1 Å². The Labute approximate surface area is 381 Å². The summed E-state index contributed by atoms with van der Waals surface area (Å²) in [6.45, 7) is 2.39. The van der Waals surface area contributed by atoms with Crippen LogP contribution in [-0.4, -0.2) is 24.1 Å². The van der Waals surface area contributed by atoms with Crippen molar-refractivity contribution in [2.24, 2.45) is 5.92 Å². The van der Waals surface area contributed by atoms with Crippen LogP contribution >= 0.6 is 22.7 Å². The fourth-order valence-electron chi connectivity index (χ4n) is 10.7. The highest BCUT2D eigenvalue weighted by Crippen LogP contribution is 2.54. The molecule has 0 saturated carbocycles. The van der Waals surface area contributed by atoms with Crippen LogP contribution in [0.2, 0.25) is 0 Å². The van der Waals surface area contributed by atoms with Crippen molar-refractivity contribution in [3.05, 3.63) is 204 Å². The molecule has 2 atom stereocenters. The van der Waals surface area contributed by atoms with Gasteiger partial charge in [-0.25, -0.2) is 15.0 Å². The molecule has 7 heteroatoms. The summed E-state index contributed by atoms with van der Waals surface area (Å²) < 4.78 is 8.95. The minimum atomic E-state index is -0.189. The first kappa shape index (κ1) is 36.7. The number of nitrogens with zero attached hydrogens (tertiary/aromatic N) is 5. The molecule has 65 heavy (non-hydrogen) atoms. The first-order valence-electron chi connectivity index (χ1n) is 22.1. The Balaban J connectivity index is 1.14. The van der Waals surface area contributed by atoms with Crippen molar-refractivity contribution in [1.82, 2.24) is 24.1 Å². The summed E-state index contributed by atoms with van der Waals surface area (Å²) >= 11 is 3.77. The van der Waals surface area contributed by atoms with Gasteiger partial charge >= 0.3 is 0 Å². The molecule has 5 aromatic heterocycles. The van der Waals surface area contributed by atoms with E-state index in [2.05, 4.69) is 198 Å². The van der Waals surface area contributed by atoms with Crippen LogP contribution in [0.3, 0.4) is 0 Å². The fourth-order valence-corrected chi connectivity index (χ4v) is 13.2. The summed E-state index contributed by atoms with van der Waals surface area (Å²) in [4.78, 5) is 17.4. The van der Waals surface area contributed by atoms with E-state index in [4.69, 9.17) is 15.0 Å². The van der Waals surface area contributed by atoms with Crippen molar-refractivity contribution in [3.8, 4) is 28.5 Å². The van der Waals surface area contributed by atoms with Gasteiger partial charge in [-0.1, -0.05) is 153 Å².